The van der Waals surface area contributed by atoms with Crippen LogP contribution in [0.4, 0.5) is 0 Å². The van der Waals surface area contributed by atoms with Gasteiger partial charge in [0.05, 0.1) is 13.2 Å². The molecule has 1 fully saturated rings. The summed E-state index contributed by atoms with van der Waals surface area (Å²) in [5, 5.41) is 0. The van der Waals surface area contributed by atoms with Crippen molar-refractivity contribution in [3.8, 4) is 0 Å². The summed E-state index contributed by atoms with van der Waals surface area (Å²) in [4.78, 5) is 11.4. The molecule has 86 valence electrons. The van der Waals surface area contributed by atoms with Crippen LogP contribution in [-0.4, -0.2) is 31.9 Å². The highest BCUT2D eigenvalue weighted by atomic mass is 16.6. The molecule has 4 nitrogen and oxygen atoms in total. The summed E-state index contributed by atoms with van der Waals surface area (Å²) in [5.74, 6) is -0.104. The molecule has 0 aromatic heterocycles. The van der Waals surface area contributed by atoms with Gasteiger partial charge in [0.25, 0.3) is 0 Å². The zero-order chi connectivity index (χ0) is 11.1. The Morgan fingerprint density at radius 2 is 2.27 bits per heavy atom. The first-order valence-corrected chi connectivity index (χ1v) is 5.35. The van der Waals surface area contributed by atoms with E-state index in [2.05, 4.69) is 6.92 Å². The molecule has 4 heteroatoms. The molecule has 1 aliphatic heterocycles. The maximum atomic E-state index is 11.4. The number of allylic oxidation sites excluding steroid dienone is 1. The van der Waals surface area contributed by atoms with Crippen molar-refractivity contribution in [3.63, 3.8) is 0 Å². The number of carbonyl (C=O) groups excluding carboxylic acids is 1. The number of hydrogen-bond acceptors (Lipinski definition) is 4. The summed E-state index contributed by atoms with van der Waals surface area (Å²) >= 11 is 0. The molecule has 0 N–H and O–H groups in total. The highest BCUT2D eigenvalue weighted by Gasteiger charge is 2.25. The van der Waals surface area contributed by atoms with Crippen LogP contribution in [0.3, 0.4) is 0 Å². The van der Waals surface area contributed by atoms with Crippen molar-refractivity contribution < 1.29 is 19.0 Å². The minimum Gasteiger partial charge on any atom is -0.487 e. The Kier molecular flexibility index (Phi) is 5.18. The predicted molar refractivity (Wildman–Crippen MR) is 55.3 cm³/mol. The summed E-state index contributed by atoms with van der Waals surface area (Å²) < 4.78 is 15.2. The number of epoxide rings is 1. The third kappa shape index (κ3) is 4.83. The molecule has 0 aliphatic carbocycles. The quantitative estimate of drug-likeness (QED) is 0.212. The average molecular weight is 214 g/mol. The van der Waals surface area contributed by atoms with Crippen LogP contribution in [0, 0.1) is 0 Å². The van der Waals surface area contributed by atoms with E-state index in [1.165, 1.54) is 0 Å². The van der Waals surface area contributed by atoms with Gasteiger partial charge in [-0.2, -0.15) is 0 Å². The van der Waals surface area contributed by atoms with Gasteiger partial charge in [0.2, 0.25) is 0 Å². The van der Waals surface area contributed by atoms with Gasteiger partial charge in [-0.15, -0.1) is 0 Å². The molecule has 1 unspecified atom stereocenters. The molecule has 1 heterocycles. The lowest BCUT2D eigenvalue weighted by Gasteiger charge is -2.08. The van der Waals surface area contributed by atoms with Gasteiger partial charge in [-0.1, -0.05) is 13.3 Å². The van der Waals surface area contributed by atoms with Crippen molar-refractivity contribution in [1.29, 1.82) is 0 Å². The van der Waals surface area contributed by atoms with E-state index in [4.69, 9.17) is 14.2 Å². The first-order valence-electron chi connectivity index (χ1n) is 5.35. The highest BCUT2D eigenvalue weighted by Crippen LogP contribution is 2.10. The smallest absolute Gasteiger partial charge is 0.373 e. The van der Waals surface area contributed by atoms with Gasteiger partial charge in [0, 0.05) is 0 Å². The Morgan fingerprint density at radius 1 is 1.53 bits per heavy atom. The lowest BCUT2D eigenvalue weighted by atomic mass is 10.3. The van der Waals surface area contributed by atoms with Crippen LogP contribution < -0.4 is 0 Å². The topological polar surface area (TPSA) is 48.1 Å². The fraction of sp³-hybridized carbons (Fsp3) is 0.727. The van der Waals surface area contributed by atoms with Crippen molar-refractivity contribution in [3.05, 3.63) is 11.8 Å². The van der Waals surface area contributed by atoms with Gasteiger partial charge in [0.15, 0.2) is 5.76 Å². The van der Waals surface area contributed by atoms with Gasteiger partial charge < -0.3 is 14.2 Å². The van der Waals surface area contributed by atoms with Crippen molar-refractivity contribution in [2.75, 3.05) is 19.8 Å². The Bertz CT molecular complexity index is 231. The number of ether oxygens (including phenoxy) is 3. The lowest BCUT2D eigenvalue weighted by Crippen LogP contribution is -2.14. The zero-order valence-corrected chi connectivity index (χ0v) is 9.32. The summed E-state index contributed by atoms with van der Waals surface area (Å²) in [7, 11) is 0. The van der Waals surface area contributed by atoms with Gasteiger partial charge in [-0.25, -0.2) is 4.79 Å². The lowest BCUT2D eigenvalue weighted by molar-refractivity contribution is -0.143. The first kappa shape index (κ1) is 12.0. The highest BCUT2D eigenvalue weighted by molar-refractivity contribution is 5.86. The number of carbonyl (C=O) groups is 1. The third-order valence-corrected chi connectivity index (χ3v) is 2.02. The molecule has 0 spiro atoms. The molecule has 0 amide bonds. The standard InChI is InChI=1S/C11H18O4/c1-3-5-6-13-10(4-2)11(12)15-8-9-7-14-9/h4,9H,3,5-8H2,1-2H3. The Morgan fingerprint density at radius 3 is 2.80 bits per heavy atom. The largest absolute Gasteiger partial charge is 0.487 e. The number of unbranched alkanes of at least 4 members (excludes halogenated alkanes) is 1. The summed E-state index contributed by atoms with van der Waals surface area (Å²) in [5.41, 5.74) is 0. The number of rotatable bonds is 7. The molecular formula is C11H18O4. The molecule has 1 saturated heterocycles. The van der Waals surface area contributed by atoms with E-state index in [-0.39, 0.29) is 6.10 Å². The molecule has 0 radical (unpaired) electrons. The maximum absolute atomic E-state index is 11.4. The Hall–Kier alpha value is -1.03. The summed E-state index contributed by atoms with van der Waals surface area (Å²) in [6.45, 7) is 5.41. The fourth-order valence-corrected chi connectivity index (χ4v) is 0.991. The van der Waals surface area contributed by atoms with Crippen LogP contribution in [0.1, 0.15) is 26.7 Å². The zero-order valence-electron chi connectivity index (χ0n) is 9.32. The van der Waals surface area contributed by atoms with Crippen LogP contribution in [0.15, 0.2) is 11.8 Å². The summed E-state index contributed by atoms with van der Waals surface area (Å²) in [6.07, 6.45) is 3.71. The predicted octanol–water partition coefficient (Wildman–Crippen LogP) is 1.65. The maximum Gasteiger partial charge on any atom is 0.373 e. The minimum atomic E-state index is -0.399. The number of esters is 1. The van der Waals surface area contributed by atoms with E-state index in [0.29, 0.717) is 25.6 Å². The molecular weight excluding hydrogens is 196 g/mol. The normalized spacial score (nSPS) is 19.9. The molecule has 0 bridgehead atoms. The second-order valence-electron chi connectivity index (χ2n) is 3.41. The molecule has 1 aliphatic rings. The monoisotopic (exact) mass is 214 g/mol. The SMILES string of the molecule is CC=C(OCCCC)C(=O)OCC1CO1. The average Bonchev–Trinajstić information content (AvgIpc) is 3.05. The first-order chi connectivity index (χ1) is 7.27. The Labute approximate surface area is 90.2 Å². The molecule has 0 aromatic carbocycles. The van der Waals surface area contributed by atoms with Gasteiger partial charge in [0.1, 0.15) is 12.7 Å². The van der Waals surface area contributed by atoms with Crippen molar-refractivity contribution in [2.45, 2.75) is 32.8 Å². The van der Waals surface area contributed by atoms with E-state index in [1.807, 2.05) is 0 Å². The Balaban J connectivity index is 2.19. The molecule has 1 rings (SSSR count). The van der Waals surface area contributed by atoms with Crippen molar-refractivity contribution in [1.82, 2.24) is 0 Å². The van der Waals surface area contributed by atoms with Crippen LogP contribution in [0.25, 0.3) is 0 Å². The second-order valence-corrected chi connectivity index (χ2v) is 3.41. The number of hydrogen-bond donors (Lipinski definition) is 0. The van der Waals surface area contributed by atoms with E-state index >= 15 is 0 Å². The minimum absolute atomic E-state index is 0.0997. The van der Waals surface area contributed by atoms with Crippen molar-refractivity contribution in [2.24, 2.45) is 0 Å². The van der Waals surface area contributed by atoms with Crippen LogP contribution in [-0.2, 0) is 19.0 Å². The van der Waals surface area contributed by atoms with E-state index in [0.717, 1.165) is 12.8 Å². The van der Waals surface area contributed by atoms with Crippen molar-refractivity contribution >= 4 is 5.97 Å². The van der Waals surface area contributed by atoms with E-state index in [9.17, 15) is 4.79 Å². The molecule has 1 atom stereocenters. The summed E-state index contributed by atoms with van der Waals surface area (Å²) in [6, 6.07) is 0. The van der Waals surface area contributed by atoms with Crippen LogP contribution >= 0.6 is 0 Å². The molecule has 0 saturated carbocycles. The fourth-order valence-electron chi connectivity index (χ4n) is 0.991. The van der Waals surface area contributed by atoms with E-state index in [1.54, 1.807) is 13.0 Å². The third-order valence-electron chi connectivity index (χ3n) is 2.02. The van der Waals surface area contributed by atoms with Crippen LogP contribution in [0.5, 0.6) is 0 Å². The second kappa shape index (κ2) is 6.45. The van der Waals surface area contributed by atoms with Gasteiger partial charge in [-0.05, 0) is 19.4 Å². The van der Waals surface area contributed by atoms with Gasteiger partial charge >= 0.3 is 5.97 Å². The van der Waals surface area contributed by atoms with Crippen LogP contribution in [0.2, 0.25) is 0 Å². The molecule has 15 heavy (non-hydrogen) atoms. The van der Waals surface area contributed by atoms with E-state index < -0.39 is 5.97 Å². The molecule has 0 aromatic rings. The van der Waals surface area contributed by atoms with Gasteiger partial charge in [-0.3, -0.25) is 0 Å².